The number of hydrogen-bond acceptors (Lipinski definition) is 1. The summed E-state index contributed by atoms with van der Waals surface area (Å²) >= 11 is 0. The van der Waals surface area contributed by atoms with E-state index in [1.54, 1.807) is 0 Å². The molecule has 8 rings (SSSR count). The molecule has 0 aliphatic heterocycles. The molecule has 1 nitrogen and oxygen atoms in total. The highest BCUT2D eigenvalue weighted by molar-refractivity contribution is 6.21. The number of hydrogen-bond donors (Lipinski definition) is 0. The quantitative estimate of drug-likeness (QED) is 0.217. The highest BCUT2D eigenvalue weighted by atomic mass is 14.7. The lowest BCUT2D eigenvalue weighted by atomic mass is 9.86. The number of rotatable bonds is 3. The fourth-order valence-corrected chi connectivity index (χ4v) is 6.25. The molecule has 0 spiro atoms. The summed E-state index contributed by atoms with van der Waals surface area (Å²) < 4.78 is 0. The lowest BCUT2D eigenvalue weighted by molar-refractivity contribution is 1.34. The van der Waals surface area contributed by atoms with E-state index in [9.17, 15) is 0 Å². The fourth-order valence-electron chi connectivity index (χ4n) is 6.25. The van der Waals surface area contributed by atoms with E-state index >= 15 is 0 Å². The minimum atomic E-state index is 0.988. The fraction of sp³-hybridized carbons (Fsp3) is 0. The molecule has 1 heterocycles. The van der Waals surface area contributed by atoms with Crippen LogP contribution in [0.25, 0.3) is 76.6 Å². The van der Waals surface area contributed by atoms with E-state index in [0.717, 1.165) is 16.8 Å². The maximum atomic E-state index is 5.00. The minimum absolute atomic E-state index is 0.988. The first kappa shape index (κ1) is 22.7. The Labute approximate surface area is 233 Å². The summed E-state index contributed by atoms with van der Waals surface area (Å²) in [6.07, 6.45) is 2.04. The second-order valence-corrected chi connectivity index (χ2v) is 10.4. The summed E-state index contributed by atoms with van der Waals surface area (Å²) in [5, 5.41) is 9.95. The van der Waals surface area contributed by atoms with Crippen LogP contribution in [0.15, 0.2) is 152 Å². The van der Waals surface area contributed by atoms with Crippen molar-refractivity contribution in [2.45, 2.75) is 0 Å². The van der Waals surface area contributed by atoms with Crippen molar-refractivity contribution in [3.05, 3.63) is 152 Å². The maximum absolute atomic E-state index is 5.00. The maximum Gasteiger partial charge on any atom is 0.0708 e. The van der Waals surface area contributed by atoms with Crippen LogP contribution in [0, 0.1) is 0 Å². The molecule has 0 bridgehead atoms. The molecule has 0 aliphatic rings. The second kappa shape index (κ2) is 9.18. The van der Waals surface area contributed by atoms with Crippen LogP contribution in [0.4, 0.5) is 0 Å². The highest BCUT2D eigenvalue weighted by Crippen LogP contribution is 2.44. The number of aromatic nitrogens is 1. The van der Waals surface area contributed by atoms with Crippen molar-refractivity contribution < 1.29 is 0 Å². The third-order valence-electron chi connectivity index (χ3n) is 8.09. The van der Waals surface area contributed by atoms with E-state index in [4.69, 9.17) is 4.98 Å². The summed E-state index contributed by atoms with van der Waals surface area (Å²) in [6.45, 7) is 0. The van der Waals surface area contributed by atoms with Gasteiger partial charge in [0, 0.05) is 17.3 Å². The second-order valence-electron chi connectivity index (χ2n) is 10.4. The van der Waals surface area contributed by atoms with Crippen molar-refractivity contribution in [3.63, 3.8) is 0 Å². The van der Waals surface area contributed by atoms with Crippen LogP contribution in [-0.4, -0.2) is 4.98 Å². The average Bonchev–Trinajstić information content (AvgIpc) is 3.03. The summed E-state index contributed by atoms with van der Waals surface area (Å²) in [5.41, 5.74) is 7.02. The Kier molecular flexibility index (Phi) is 5.21. The third kappa shape index (κ3) is 3.60. The van der Waals surface area contributed by atoms with Crippen LogP contribution in [0.3, 0.4) is 0 Å². The van der Waals surface area contributed by atoms with Gasteiger partial charge in [-0.25, -0.2) is 0 Å². The Morgan fingerprint density at radius 1 is 0.350 bits per heavy atom. The lowest BCUT2D eigenvalue weighted by Gasteiger charge is -2.18. The Bertz CT molecular complexity index is 2140. The Balaban J connectivity index is 1.36. The van der Waals surface area contributed by atoms with Gasteiger partial charge < -0.3 is 0 Å². The molecule has 40 heavy (non-hydrogen) atoms. The zero-order valence-electron chi connectivity index (χ0n) is 21.9. The normalized spacial score (nSPS) is 11.5. The van der Waals surface area contributed by atoms with Crippen LogP contribution in [0.5, 0.6) is 0 Å². The van der Waals surface area contributed by atoms with E-state index < -0.39 is 0 Å². The van der Waals surface area contributed by atoms with Crippen molar-refractivity contribution >= 4 is 43.1 Å². The van der Waals surface area contributed by atoms with Crippen molar-refractivity contribution in [1.29, 1.82) is 0 Å². The standard InChI is InChI=1S/C39H25N/c1-2-12-28-24-29(21-20-26(28)10-1)38-33-15-5-7-17-35(33)39(36-18-8-6-16-34(36)38)30-22-23-37(40-25-30)32-19-9-13-27-11-3-4-14-31(27)32/h1-25H. The lowest BCUT2D eigenvalue weighted by Crippen LogP contribution is -1.92. The van der Waals surface area contributed by atoms with Gasteiger partial charge in [0.15, 0.2) is 0 Å². The SMILES string of the molecule is c1ccc2cc(-c3c4ccccc4c(-c4ccc(-c5cccc6ccccc56)nc4)c4ccccc34)ccc2c1. The molecule has 0 saturated heterocycles. The van der Waals surface area contributed by atoms with Gasteiger partial charge in [0.2, 0.25) is 0 Å². The largest absolute Gasteiger partial charge is 0.256 e. The van der Waals surface area contributed by atoms with E-state index in [1.807, 2.05) is 6.20 Å². The van der Waals surface area contributed by atoms with Gasteiger partial charge in [-0.3, -0.25) is 4.98 Å². The molecule has 8 aromatic rings. The summed E-state index contributed by atoms with van der Waals surface area (Å²) in [6, 6.07) is 52.3. The predicted octanol–water partition coefficient (Wildman–Crippen LogP) is 10.7. The van der Waals surface area contributed by atoms with Gasteiger partial charge in [-0.15, -0.1) is 0 Å². The molecule has 0 N–H and O–H groups in total. The van der Waals surface area contributed by atoms with Crippen molar-refractivity contribution in [1.82, 2.24) is 4.98 Å². The first-order chi connectivity index (χ1) is 19.8. The molecule has 0 fully saturated rings. The monoisotopic (exact) mass is 507 g/mol. The molecule has 1 aromatic heterocycles. The zero-order valence-corrected chi connectivity index (χ0v) is 21.9. The molecule has 186 valence electrons. The van der Waals surface area contributed by atoms with E-state index in [0.29, 0.717) is 0 Å². The summed E-state index contributed by atoms with van der Waals surface area (Å²) in [4.78, 5) is 5.00. The molecule has 0 unspecified atom stereocenters. The van der Waals surface area contributed by atoms with Gasteiger partial charge in [0.25, 0.3) is 0 Å². The Hall–Kier alpha value is -5.27. The van der Waals surface area contributed by atoms with Crippen molar-refractivity contribution in [2.24, 2.45) is 0 Å². The first-order valence-corrected chi connectivity index (χ1v) is 13.7. The number of benzene rings is 7. The molecule has 0 saturated carbocycles. The molecule has 0 aliphatic carbocycles. The smallest absolute Gasteiger partial charge is 0.0708 e. The average molecular weight is 508 g/mol. The molecular formula is C39H25N. The third-order valence-corrected chi connectivity index (χ3v) is 8.09. The van der Waals surface area contributed by atoms with Crippen LogP contribution in [0.2, 0.25) is 0 Å². The van der Waals surface area contributed by atoms with Crippen molar-refractivity contribution in [3.8, 4) is 33.5 Å². The molecule has 0 atom stereocenters. The van der Waals surface area contributed by atoms with E-state index in [2.05, 4.69) is 146 Å². The summed E-state index contributed by atoms with van der Waals surface area (Å²) in [7, 11) is 0. The minimum Gasteiger partial charge on any atom is -0.256 e. The van der Waals surface area contributed by atoms with Crippen LogP contribution < -0.4 is 0 Å². The highest BCUT2D eigenvalue weighted by Gasteiger charge is 2.17. The van der Waals surface area contributed by atoms with Crippen LogP contribution in [-0.2, 0) is 0 Å². The van der Waals surface area contributed by atoms with Gasteiger partial charge in [0.1, 0.15) is 0 Å². The zero-order chi connectivity index (χ0) is 26.5. The predicted molar refractivity (Wildman–Crippen MR) is 171 cm³/mol. The first-order valence-electron chi connectivity index (χ1n) is 13.7. The van der Waals surface area contributed by atoms with Gasteiger partial charge in [-0.05, 0) is 71.9 Å². The molecule has 7 aromatic carbocycles. The molecular weight excluding hydrogens is 482 g/mol. The number of pyridine rings is 1. The van der Waals surface area contributed by atoms with Crippen LogP contribution >= 0.6 is 0 Å². The van der Waals surface area contributed by atoms with E-state index in [-0.39, 0.29) is 0 Å². The van der Waals surface area contributed by atoms with E-state index in [1.165, 1.54) is 59.8 Å². The molecule has 0 amide bonds. The summed E-state index contributed by atoms with van der Waals surface area (Å²) in [5.74, 6) is 0. The van der Waals surface area contributed by atoms with Crippen LogP contribution in [0.1, 0.15) is 0 Å². The number of nitrogens with zero attached hydrogens (tertiary/aromatic N) is 1. The molecule has 1 heteroatoms. The molecule has 0 radical (unpaired) electrons. The Morgan fingerprint density at radius 3 is 1.52 bits per heavy atom. The topological polar surface area (TPSA) is 12.9 Å². The van der Waals surface area contributed by atoms with Gasteiger partial charge in [-0.1, -0.05) is 133 Å². The number of fused-ring (bicyclic) bond motifs is 4. The van der Waals surface area contributed by atoms with Crippen molar-refractivity contribution in [2.75, 3.05) is 0 Å². The van der Waals surface area contributed by atoms with Gasteiger partial charge in [0.05, 0.1) is 5.69 Å². The van der Waals surface area contributed by atoms with Gasteiger partial charge >= 0.3 is 0 Å². The van der Waals surface area contributed by atoms with Gasteiger partial charge in [-0.2, -0.15) is 0 Å². The Morgan fingerprint density at radius 2 is 0.875 bits per heavy atom.